The Balaban J connectivity index is 0.000000254. The summed E-state index contributed by atoms with van der Waals surface area (Å²) in [4.78, 5) is 0. The second-order valence-corrected chi connectivity index (χ2v) is 42.2. The minimum Gasteiger partial charge on any atom is -0.486 e. The monoisotopic (exact) mass is 1760 g/mol. The van der Waals surface area contributed by atoms with Crippen LogP contribution in [0.5, 0.6) is 23.0 Å². The molecule has 0 radical (unpaired) electrons. The minimum absolute atomic E-state index is 0.0151. The van der Waals surface area contributed by atoms with Crippen LogP contribution < -0.4 is 18.9 Å². The minimum atomic E-state index is -0.299. The molecule has 0 spiro atoms. The van der Waals surface area contributed by atoms with Crippen LogP contribution in [0.1, 0.15) is 287 Å². The fraction of sp³-hybridized carbons (Fsp3) is 0.384. The third-order valence-corrected chi connectivity index (χ3v) is 21.6. The van der Waals surface area contributed by atoms with Crippen LogP contribution in [-0.2, 0) is 49.7 Å². The van der Waals surface area contributed by atoms with Gasteiger partial charge in [-0.3, -0.25) is 0 Å². The van der Waals surface area contributed by atoms with Gasteiger partial charge in [0.2, 0.25) is 0 Å². The van der Waals surface area contributed by atoms with Gasteiger partial charge in [-0.2, -0.15) is 36.8 Å². The van der Waals surface area contributed by atoms with Crippen molar-refractivity contribution in [3.8, 4) is 65.5 Å². The number of benzene rings is 11. The number of nitriles is 7. The second-order valence-electron chi connectivity index (χ2n) is 41.0. The van der Waals surface area contributed by atoms with Gasteiger partial charge >= 0.3 is 0 Å². The normalized spacial score (nSPS) is 12.1. The van der Waals surface area contributed by atoms with Gasteiger partial charge in [0.05, 0.1) is 74.3 Å². The van der Waals surface area contributed by atoms with E-state index in [-0.39, 0.29) is 49.1 Å². The number of hydrogen-bond donors (Lipinski definition) is 0. The van der Waals surface area contributed by atoms with Crippen molar-refractivity contribution >= 4 is 56.3 Å². The molecule has 2 aliphatic heterocycles. The summed E-state index contributed by atoms with van der Waals surface area (Å²) in [7, 11) is 0. The van der Waals surface area contributed by atoms with Crippen LogP contribution in [0.3, 0.4) is 0 Å². The van der Waals surface area contributed by atoms with E-state index in [1.807, 2.05) is 136 Å². The van der Waals surface area contributed by atoms with Crippen molar-refractivity contribution in [2.45, 2.75) is 251 Å². The van der Waals surface area contributed by atoms with Crippen LogP contribution >= 0.6 is 34.8 Å². The van der Waals surface area contributed by atoms with Crippen molar-refractivity contribution in [2.75, 3.05) is 26.4 Å². The Hall–Kier alpha value is -11.6. The number of para-hydroxylation sites is 1. The molecule has 2 heterocycles. The smallest absolute Gasteiger partial charge is 0.179 e. The summed E-state index contributed by atoms with van der Waals surface area (Å²) < 4.78 is 35.8. The average Bonchev–Trinajstić information content (AvgIpc) is 0.784. The molecule has 11 aromatic rings. The maximum atomic E-state index is 13.4. The van der Waals surface area contributed by atoms with Gasteiger partial charge in [-0.1, -0.05) is 343 Å². The lowest BCUT2D eigenvalue weighted by Gasteiger charge is -2.27. The highest BCUT2D eigenvalue weighted by Crippen LogP contribution is 2.44. The van der Waals surface area contributed by atoms with Crippen LogP contribution in [0.4, 0.5) is 4.39 Å². The fourth-order valence-corrected chi connectivity index (χ4v) is 14.6. The van der Waals surface area contributed by atoms with Gasteiger partial charge in [-0.25, -0.2) is 4.39 Å². The summed E-state index contributed by atoms with van der Waals surface area (Å²) in [5.41, 5.74) is 17.8. The molecule has 15 heteroatoms. The van der Waals surface area contributed by atoms with E-state index < -0.39 is 0 Å². The van der Waals surface area contributed by atoms with Crippen molar-refractivity contribution in [1.29, 1.82) is 36.8 Å². The second kappa shape index (κ2) is 45.2. The van der Waals surface area contributed by atoms with E-state index >= 15 is 0 Å². The first-order valence-electron chi connectivity index (χ1n) is 42.8. The van der Waals surface area contributed by atoms with Crippen molar-refractivity contribution in [3.05, 3.63) is 315 Å². The highest BCUT2D eigenvalue weighted by atomic mass is 35.5. The summed E-state index contributed by atoms with van der Waals surface area (Å²) in [6.07, 6.45) is 1.04. The number of halogens is 4. The summed E-state index contributed by atoms with van der Waals surface area (Å²) in [6, 6.07) is 76.5. The van der Waals surface area contributed by atoms with E-state index in [0.29, 0.717) is 75.5 Å². The summed E-state index contributed by atoms with van der Waals surface area (Å²) in [5.74, 6) is 2.83. The average molecular weight is 1760 g/mol. The maximum absolute atomic E-state index is 13.4. The van der Waals surface area contributed by atoms with Crippen LogP contribution in [0.25, 0.3) is 21.5 Å². The summed E-state index contributed by atoms with van der Waals surface area (Å²) in [5, 5.41) is 68.3. The highest BCUT2D eigenvalue weighted by Gasteiger charge is 2.29. The fourth-order valence-electron chi connectivity index (χ4n) is 13.7. The molecule has 664 valence electrons. The van der Waals surface area contributed by atoms with Gasteiger partial charge in [-0.15, -0.1) is 0 Å². The third-order valence-electron chi connectivity index (χ3n) is 20.7. The molecule has 0 atom stereocenters. The van der Waals surface area contributed by atoms with Gasteiger partial charge in [0.15, 0.2) is 23.0 Å². The third kappa shape index (κ3) is 31.7. The molecule has 127 heavy (non-hydrogen) atoms. The Morgan fingerprint density at radius 2 is 0.693 bits per heavy atom. The van der Waals surface area contributed by atoms with Gasteiger partial charge in [0.1, 0.15) is 44.4 Å². The Labute approximate surface area is 774 Å². The molecular weight excluding hydrogens is 1630 g/mol. The molecule has 0 fully saturated rings. The quantitative estimate of drug-likeness (QED) is 0.151. The van der Waals surface area contributed by atoms with Crippen LogP contribution in [0, 0.1) is 104 Å². The van der Waals surface area contributed by atoms with Crippen molar-refractivity contribution in [1.82, 2.24) is 0 Å². The summed E-state index contributed by atoms with van der Waals surface area (Å²) >= 11 is 18.1. The molecule has 2 aliphatic rings. The van der Waals surface area contributed by atoms with E-state index in [9.17, 15) is 4.39 Å². The van der Waals surface area contributed by atoms with Crippen molar-refractivity contribution in [3.63, 3.8) is 0 Å². The molecule has 0 N–H and O–H groups in total. The lowest BCUT2D eigenvalue weighted by atomic mass is 9.82. The number of hydrogen-bond acceptors (Lipinski definition) is 11. The first-order valence-corrected chi connectivity index (χ1v) is 44.0. The Kier molecular flexibility index (Phi) is 37.7. The van der Waals surface area contributed by atoms with Gasteiger partial charge in [0, 0.05) is 21.2 Å². The van der Waals surface area contributed by atoms with Crippen LogP contribution in [0.2, 0.25) is 15.1 Å². The molecule has 0 amide bonds. The Morgan fingerprint density at radius 3 is 1.15 bits per heavy atom. The number of nitrogens with zero attached hydrogens (tertiary/aromatic N) is 7. The van der Waals surface area contributed by atoms with Gasteiger partial charge < -0.3 is 18.9 Å². The van der Waals surface area contributed by atoms with E-state index in [2.05, 4.69) is 259 Å². The molecule has 0 aliphatic carbocycles. The van der Waals surface area contributed by atoms with Crippen molar-refractivity contribution in [2.24, 2.45) is 5.41 Å². The van der Waals surface area contributed by atoms with Gasteiger partial charge in [0.25, 0.3) is 0 Å². The largest absolute Gasteiger partial charge is 0.486 e. The molecule has 0 aromatic heterocycles. The zero-order valence-electron chi connectivity index (χ0n) is 80.3. The summed E-state index contributed by atoms with van der Waals surface area (Å²) in [6.45, 7) is 64.3. The SMILES string of the molecule is CC(C)(C)c1ccc(C#N)c(Cl)c1.CC(C)(C)c1ccc(C#N)c2c1OCCO2.CC(C)(C)c1ccc(C#N)c2ccccc12.CC(C)(C)c1ccc(C#N)cc1.CC(C)(C)c1ccc(C#N)cc1Cl.CC(C)(C)c1ccc(C#N)cc1F.CC(C)(C)c1cccc2c1OCCO2.Cc1ccc2c(C#N)ccc(C(C)(C)C)c2c1.Cc1cccc(Cl)c1CC(C)(C)C. The number of aryl methyl sites for hydroxylation is 2. The lowest BCUT2D eigenvalue weighted by molar-refractivity contribution is 0.167. The maximum Gasteiger partial charge on any atom is 0.179 e. The number of rotatable bonds is 1. The highest BCUT2D eigenvalue weighted by molar-refractivity contribution is 6.32. The predicted octanol–water partition coefficient (Wildman–Crippen LogP) is 30.8. The standard InChI is InChI=1S/C16H17N.C15H15N.C13H15NO2.C12H17Cl.C12H16O2.2C11H12ClN.C11H12FN.C11H13N/c1-11-5-7-13-12(10-17)6-8-15(14(13)9-11)16(2,3)4;1-15(2,3)14-9-8-11(10-16)12-6-4-5-7-13(12)14;1-13(2,3)10-5-4-9(8-14)11-12(10)16-7-6-15-11;1-9-6-5-7-11(13)10(9)8-12(2,3)4;1-12(2,3)9-5-4-6-10-11(9)14-8-7-13-10;1-11(2,3)9-5-4-8(7-13)10(12)6-9;2*1-11(2,3)9-5-4-8(7-13)6-10(9)12;1-11(2,3)10-6-4-9(8-12)5-7-10/h5-9H,1-4H3;4-9H,1-3H3;4-5H,6-7H2,1-3H3;5-7H,8H2,1-4H3;4-6H,7-8H2,1-3H3;3*4-6H,1-3H3;4-7H,1-3H3. The van der Waals surface area contributed by atoms with Crippen LogP contribution in [0.15, 0.2) is 194 Å². The van der Waals surface area contributed by atoms with Crippen molar-refractivity contribution < 1.29 is 23.3 Å². The first kappa shape index (κ1) is 106. The van der Waals surface area contributed by atoms with Crippen LogP contribution in [-0.4, -0.2) is 26.4 Å². The molecule has 0 saturated heterocycles. The molecule has 0 unspecified atom stereocenters. The van der Waals surface area contributed by atoms with E-state index in [1.165, 1.54) is 55.8 Å². The number of fused-ring (bicyclic) bond motifs is 4. The Bertz CT molecular complexity index is 5840. The van der Waals surface area contributed by atoms with E-state index in [4.69, 9.17) is 90.6 Å². The zero-order chi connectivity index (χ0) is 95.8. The molecule has 0 bridgehead atoms. The molecule has 0 saturated carbocycles. The molecule has 13 rings (SSSR count). The topological polar surface area (TPSA) is 203 Å². The Morgan fingerprint density at radius 1 is 0.291 bits per heavy atom. The van der Waals surface area contributed by atoms with E-state index in [1.54, 1.807) is 36.4 Å². The zero-order valence-corrected chi connectivity index (χ0v) is 82.6. The van der Waals surface area contributed by atoms with Gasteiger partial charge in [-0.05, 0) is 214 Å². The molecular formula is C112H129Cl3FN7O4. The molecule has 11 aromatic carbocycles. The van der Waals surface area contributed by atoms with E-state index in [0.717, 1.165) is 72.8 Å². The number of ether oxygens (including phenoxy) is 4. The predicted molar refractivity (Wildman–Crippen MR) is 525 cm³/mol. The first-order chi connectivity index (χ1) is 58.9. The lowest BCUT2D eigenvalue weighted by Crippen LogP contribution is -2.21. The molecule has 11 nitrogen and oxygen atoms in total.